The Labute approximate surface area is 177 Å². The Balaban J connectivity index is 1.67. The van der Waals surface area contributed by atoms with E-state index in [1.807, 2.05) is 24.3 Å². The van der Waals surface area contributed by atoms with E-state index in [1.54, 1.807) is 0 Å². The summed E-state index contributed by atoms with van der Waals surface area (Å²) in [6, 6.07) is 14.3. The Morgan fingerprint density at radius 3 is 2.50 bits per heavy atom. The molecule has 0 fully saturated rings. The van der Waals surface area contributed by atoms with Gasteiger partial charge in [0.25, 0.3) is 0 Å². The van der Waals surface area contributed by atoms with E-state index < -0.39 is 7.82 Å². The molecule has 0 spiro atoms. The Morgan fingerprint density at radius 2 is 1.77 bits per heavy atom. The summed E-state index contributed by atoms with van der Waals surface area (Å²) in [6.45, 7) is 0.579. The smallest absolute Gasteiger partial charge is 0.356 e. The van der Waals surface area contributed by atoms with Gasteiger partial charge in [-0.25, -0.2) is 4.57 Å². The van der Waals surface area contributed by atoms with Gasteiger partial charge in [-0.15, -0.1) is 0 Å². The highest BCUT2D eigenvalue weighted by molar-refractivity contribution is 7.48. The summed E-state index contributed by atoms with van der Waals surface area (Å²) >= 11 is 0. The van der Waals surface area contributed by atoms with Crippen LogP contribution in [0, 0.1) is 0 Å². The van der Waals surface area contributed by atoms with Crippen molar-refractivity contribution in [3.8, 4) is 11.1 Å². The van der Waals surface area contributed by atoms with Crippen LogP contribution >= 0.6 is 7.82 Å². The third kappa shape index (κ3) is 5.67. The molecule has 0 saturated carbocycles. The first kappa shape index (κ1) is 22.4. The van der Waals surface area contributed by atoms with Gasteiger partial charge >= 0.3 is 7.82 Å². The van der Waals surface area contributed by atoms with E-state index in [2.05, 4.69) is 35.7 Å². The zero-order valence-electron chi connectivity index (χ0n) is 17.4. The second kappa shape index (κ2) is 10.7. The van der Waals surface area contributed by atoms with Crippen LogP contribution in [-0.2, 0) is 29.4 Å². The van der Waals surface area contributed by atoms with Gasteiger partial charge in [0.05, 0.1) is 13.0 Å². The molecular weight excluding hydrogens is 401 g/mol. The molecule has 0 aliphatic heterocycles. The van der Waals surface area contributed by atoms with Crippen LogP contribution in [0.5, 0.6) is 0 Å². The molecule has 1 aliphatic carbocycles. The van der Waals surface area contributed by atoms with E-state index in [0.717, 1.165) is 29.5 Å². The standard InChI is InChI=1S/C23H28NO5P/c1-27-30(26,28-2)29-16-8-15-24-22(25)17-20-14-13-18-9-6-7-12-21(18)23(20)19-10-4-3-5-11-19/h3-5,9-14H,6-8,15-17H2,1-2H3,(H,24,25). The molecule has 1 N–H and O–H groups in total. The molecule has 0 atom stereocenters. The second-order valence-electron chi connectivity index (χ2n) is 6.98. The highest BCUT2D eigenvalue weighted by atomic mass is 31.2. The molecule has 0 saturated heterocycles. The van der Waals surface area contributed by atoms with E-state index in [9.17, 15) is 9.36 Å². The fourth-order valence-corrected chi connectivity index (χ4v) is 4.24. The third-order valence-electron chi connectivity index (χ3n) is 5.00. The zero-order valence-corrected chi connectivity index (χ0v) is 18.3. The number of benzene rings is 2. The molecule has 0 heterocycles. The lowest BCUT2D eigenvalue weighted by atomic mass is 9.92. The first-order valence-electron chi connectivity index (χ1n) is 10.1. The predicted octanol–water partition coefficient (Wildman–Crippen LogP) is 3.17. The first-order valence-corrected chi connectivity index (χ1v) is 11.5. The van der Waals surface area contributed by atoms with Gasteiger partial charge in [0, 0.05) is 20.8 Å². The van der Waals surface area contributed by atoms with Crippen molar-refractivity contribution in [3.63, 3.8) is 0 Å². The summed E-state index contributed by atoms with van der Waals surface area (Å²) in [6.07, 6.45) is 7.36. The maximum atomic E-state index is 12.6. The van der Waals surface area contributed by atoms with Crippen molar-refractivity contribution < 1.29 is 22.9 Å². The van der Waals surface area contributed by atoms with Gasteiger partial charge in [0.1, 0.15) is 0 Å². The van der Waals surface area contributed by atoms with Crippen LogP contribution in [0.15, 0.2) is 42.5 Å². The van der Waals surface area contributed by atoms with E-state index in [1.165, 1.54) is 24.7 Å². The second-order valence-corrected chi connectivity index (χ2v) is 8.86. The molecule has 1 aliphatic rings. The fraction of sp³-hybridized carbons (Fsp3) is 0.348. The van der Waals surface area contributed by atoms with Crippen molar-refractivity contribution >= 4 is 25.9 Å². The molecule has 0 radical (unpaired) electrons. The van der Waals surface area contributed by atoms with Gasteiger partial charge in [-0.3, -0.25) is 18.4 Å². The molecule has 2 aromatic carbocycles. The van der Waals surface area contributed by atoms with Gasteiger partial charge in [0.15, 0.2) is 0 Å². The lowest BCUT2D eigenvalue weighted by molar-refractivity contribution is -0.120. The van der Waals surface area contributed by atoms with E-state index in [0.29, 0.717) is 19.4 Å². The molecule has 0 unspecified atom stereocenters. The van der Waals surface area contributed by atoms with Crippen LogP contribution < -0.4 is 15.8 Å². The van der Waals surface area contributed by atoms with E-state index >= 15 is 0 Å². The molecular formula is C23H28NO5P. The van der Waals surface area contributed by atoms with Crippen molar-refractivity contribution in [2.45, 2.75) is 25.7 Å². The Bertz CT molecular complexity index is 1030. The number of phosphoric ester groups is 1. The molecule has 1 amide bonds. The molecule has 2 aromatic rings. The Morgan fingerprint density at radius 1 is 1.03 bits per heavy atom. The van der Waals surface area contributed by atoms with Crippen LogP contribution in [0.4, 0.5) is 0 Å². The molecule has 160 valence electrons. The molecule has 0 aromatic heterocycles. The topological polar surface area (TPSA) is 73.9 Å². The van der Waals surface area contributed by atoms with Crippen LogP contribution in [-0.4, -0.2) is 33.3 Å². The van der Waals surface area contributed by atoms with E-state index in [4.69, 9.17) is 13.6 Å². The number of carbonyl (C=O) groups is 1. The van der Waals surface area contributed by atoms with E-state index in [-0.39, 0.29) is 12.5 Å². The third-order valence-corrected chi connectivity index (χ3v) is 6.39. The Hall–Kier alpha value is -2.24. The fourth-order valence-electron chi connectivity index (χ4n) is 3.53. The number of amides is 1. The highest BCUT2D eigenvalue weighted by Gasteiger charge is 2.22. The molecule has 7 heteroatoms. The minimum atomic E-state index is -3.47. The number of phosphoric acid groups is 1. The largest absolute Gasteiger partial charge is 0.474 e. The van der Waals surface area contributed by atoms with Crippen molar-refractivity contribution in [2.75, 3.05) is 27.4 Å². The van der Waals surface area contributed by atoms with Crippen LogP contribution in [0.25, 0.3) is 23.3 Å². The lowest BCUT2D eigenvalue weighted by Gasteiger charge is -2.15. The summed E-state index contributed by atoms with van der Waals surface area (Å²) in [7, 11) is -0.935. The zero-order chi connectivity index (χ0) is 21.4. The van der Waals surface area contributed by atoms with Crippen LogP contribution in [0.3, 0.4) is 0 Å². The average Bonchev–Trinajstić information content (AvgIpc) is 2.79. The van der Waals surface area contributed by atoms with Crippen molar-refractivity contribution in [1.82, 2.24) is 5.32 Å². The van der Waals surface area contributed by atoms with Gasteiger partial charge in [-0.1, -0.05) is 54.6 Å². The minimum absolute atomic E-state index is 0.0615. The summed E-state index contributed by atoms with van der Waals surface area (Å²) in [5.41, 5.74) is 3.25. The molecule has 3 rings (SSSR count). The normalized spacial score (nSPS) is 13.1. The maximum Gasteiger partial charge on any atom is 0.474 e. The van der Waals surface area contributed by atoms with Crippen molar-refractivity contribution in [2.24, 2.45) is 0 Å². The predicted molar refractivity (Wildman–Crippen MR) is 118 cm³/mol. The van der Waals surface area contributed by atoms with Crippen molar-refractivity contribution in [3.05, 3.63) is 58.5 Å². The maximum absolute atomic E-state index is 12.6. The SMILES string of the molecule is COP(=O)(OC)OCCCNC(=O)Cc1ccc2c(c1-c1ccccc1)=CCCC=2. The summed E-state index contributed by atoms with van der Waals surface area (Å²) in [5.74, 6) is -0.0615. The van der Waals surface area contributed by atoms with Gasteiger partial charge in [0.2, 0.25) is 5.91 Å². The monoisotopic (exact) mass is 429 g/mol. The molecule has 0 bridgehead atoms. The number of nitrogens with one attached hydrogen (secondary N) is 1. The van der Waals surface area contributed by atoms with Gasteiger partial charge in [-0.2, -0.15) is 0 Å². The summed E-state index contributed by atoms with van der Waals surface area (Å²) < 4.78 is 26.4. The summed E-state index contributed by atoms with van der Waals surface area (Å²) in [5, 5.41) is 5.34. The number of rotatable bonds is 10. The molecule has 6 nitrogen and oxygen atoms in total. The number of hydrogen-bond donors (Lipinski definition) is 1. The summed E-state index contributed by atoms with van der Waals surface area (Å²) in [4.78, 5) is 12.6. The lowest BCUT2D eigenvalue weighted by Crippen LogP contribution is -2.32. The van der Waals surface area contributed by atoms with Crippen LogP contribution in [0.2, 0.25) is 0 Å². The Kier molecular flexibility index (Phi) is 8.00. The molecule has 30 heavy (non-hydrogen) atoms. The number of carbonyl (C=O) groups excluding carboxylic acids is 1. The van der Waals surface area contributed by atoms with Crippen molar-refractivity contribution in [1.29, 1.82) is 0 Å². The van der Waals surface area contributed by atoms with Gasteiger partial charge in [-0.05, 0) is 46.4 Å². The average molecular weight is 429 g/mol. The number of hydrogen-bond acceptors (Lipinski definition) is 5. The quantitative estimate of drug-likeness (QED) is 0.464. The van der Waals surface area contributed by atoms with Gasteiger partial charge < -0.3 is 5.32 Å². The number of fused-ring (bicyclic) bond motifs is 1. The minimum Gasteiger partial charge on any atom is -0.356 e. The first-order chi connectivity index (χ1) is 14.6. The van der Waals surface area contributed by atoms with Crippen LogP contribution in [0.1, 0.15) is 24.8 Å². The highest BCUT2D eigenvalue weighted by Crippen LogP contribution is 2.47.